The van der Waals surface area contributed by atoms with Crippen LogP contribution in [0.2, 0.25) is 0 Å². The molecular weight excluding hydrogens is 312 g/mol. The molecule has 0 saturated heterocycles. The van der Waals surface area contributed by atoms with Gasteiger partial charge in [-0.1, -0.05) is 36.5 Å². The molecule has 4 aromatic rings. The standard InChI is InChI=1S/C16H14N4O2S/c1-2-12(22-11-7-4-3-5-8-11)15-19-20-14(13-9-6-10-21-13)17-18-16(20)23-15/h3-10,12H,2H2,1H3/t12-/m0/s1. The molecule has 3 heterocycles. The average molecular weight is 326 g/mol. The van der Waals surface area contributed by atoms with E-state index in [1.807, 2.05) is 42.5 Å². The molecule has 4 rings (SSSR count). The zero-order chi connectivity index (χ0) is 15.6. The number of hydrogen-bond acceptors (Lipinski definition) is 6. The van der Waals surface area contributed by atoms with Crippen molar-refractivity contribution in [3.05, 3.63) is 53.7 Å². The van der Waals surface area contributed by atoms with Crippen molar-refractivity contribution in [2.75, 3.05) is 0 Å². The van der Waals surface area contributed by atoms with Crippen LogP contribution in [0.3, 0.4) is 0 Å². The topological polar surface area (TPSA) is 65.5 Å². The molecule has 3 aromatic heterocycles. The largest absolute Gasteiger partial charge is 0.483 e. The van der Waals surface area contributed by atoms with Crippen molar-refractivity contribution in [1.29, 1.82) is 0 Å². The van der Waals surface area contributed by atoms with Crippen molar-refractivity contribution in [3.8, 4) is 17.3 Å². The Morgan fingerprint density at radius 2 is 2.04 bits per heavy atom. The van der Waals surface area contributed by atoms with Crippen molar-refractivity contribution in [3.63, 3.8) is 0 Å². The molecule has 0 aliphatic rings. The summed E-state index contributed by atoms with van der Waals surface area (Å²) < 4.78 is 13.1. The van der Waals surface area contributed by atoms with Gasteiger partial charge < -0.3 is 9.15 Å². The Kier molecular flexibility index (Phi) is 3.55. The summed E-state index contributed by atoms with van der Waals surface area (Å²) in [6, 6.07) is 13.4. The number of aromatic nitrogens is 4. The first-order chi connectivity index (χ1) is 11.3. The van der Waals surface area contributed by atoms with Gasteiger partial charge >= 0.3 is 0 Å². The molecule has 7 heteroatoms. The van der Waals surface area contributed by atoms with Crippen molar-refractivity contribution < 1.29 is 9.15 Å². The van der Waals surface area contributed by atoms with Gasteiger partial charge in [-0.3, -0.25) is 0 Å². The van der Waals surface area contributed by atoms with Crippen LogP contribution in [0, 0.1) is 0 Å². The number of benzene rings is 1. The Hall–Kier alpha value is -2.67. The van der Waals surface area contributed by atoms with Crippen LogP contribution in [0.4, 0.5) is 0 Å². The molecule has 0 unspecified atom stereocenters. The SMILES string of the molecule is CC[C@H](Oc1ccccc1)c1nn2c(-c3ccco3)nnc2s1. The van der Waals surface area contributed by atoms with Gasteiger partial charge in [0.05, 0.1) is 6.26 Å². The lowest BCUT2D eigenvalue weighted by Crippen LogP contribution is -2.07. The predicted octanol–water partition coefficient (Wildman–Crippen LogP) is 3.98. The molecule has 0 saturated carbocycles. The van der Waals surface area contributed by atoms with Gasteiger partial charge in [0.1, 0.15) is 5.75 Å². The van der Waals surface area contributed by atoms with Crippen molar-refractivity contribution in [2.24, 2.45) is 0 Å². The van der Waals surface area contributed by atoms with Gasteiger partial charge in [-0.15, -0.1) is 10.2 Å². The number of fused-ring (bicyclic) bond motifs is 1. The Labute approximate surface area is 136 Å². The van der Waals surface area contributed by atoms with Gasteiger partial charge in [-0.05, 0) is 30.7 Å². The maximum atomic E-state index is 6.04. The number of ether oxygens (including phenoxy) is 1. The molecular formula is C16H14N4O2S. The third-order valence-electron chi connectivity index (χ3n) is 3.42. The Balaban J connectivity index is 1.68. The molecule has 0 bridgehead atoms. The summed E-state index contributed by atoms with van der Waals surface area (Å²) in [4.78, 5) is 0.724. The van der Waals surface area contributed by atoms with E-state index in [-0.39, 0.29) is 6.10 Å². The van der Waals surface area contributed by atoms with Crippen molar-refractivity contribution in [1.82, 2.24) is 19.8 Å². The first-order valence-corrected chi connectivity index (χ1v) is 8.14. The fraction of sp³-hybridized carbons (Fsp3) is 0.188. The predicted molar refractivity (Wildman–Crippen MR) is 86.5 cm³/mol. The maximum Gasteiger partial charge on any atom is 0.235 e. The molecule has 1 atom stereocenters. The highest BCUT2D eigenvalue weighted by Crippen LogP contribution is 2.29. The summed E-state index contributed by atoms with van der Waals surface area (Å²) >= 11 is 1.48. The molecule has 0 fully saturated rings. The summed E-state index contributed by atoms with van der Waals surface area (Å²) in [5.41, 5.74) is 0. The monoisotopic (exact) mass is 326 g/mol. The van der Waals surface area contributed by atoms with Crippen LogP contribution in [0.25, 0.3) is 16.5 Å². The normalized spacial score (nSPS) is 12.6. The quantitative estimate of drug-likeness (QED) is 0.555. The smallest absolute Gasteiger partial charge is 0.235 e. The molecule has 0 amide bonds. The number of para-hydroxylation sites is 1. The third-order valence-corrected chi connectivity index (χ3v) is 4.41. The molecule has 0 radical (unpaired) electrons. The fourth-order valence-electron chi connectivity index (χ4n) is 2.29. The molecule has 0 spiro atoms. The van der Waals surface area contributed by atoms with E-state index in [9.17, 15) is 0 Å². The second kappa shape index (κ2) is 5.85. The van der Waals surface area contributed by atoms with Gasteiger partial charge in [0.2, 0.25) is 10.8 Å². The second-order valence-electron chi connectivity index (χ2n) is 4.96. The molecule has 0 aliphatic heterocycles. The summed E-state index contributed by atoms with van der Waals surface area (Å²) in [6.45, 7) is 2.07. The molecule has 1 aromatic carbocycles. The zero-order valence-electron chi connectivity index (χ0n) is 12.4. The second-order valence-corrected chi connectivity index (χ2v) is 5.95. The van der Waals surface area contributed by atoms with Gasteiger partial charge in [0.15, 0.2) is 16.9 Å². The highest BCUT2D eigenvalue weighted by molar-refractivity contribution is 7.16. The Morgan fingerprint density at radius 1 is 1.17 bits per heavy atom. The lowest BCUT2D eigenvalue weighted by molar-refractivity contribution is 0.199. The van der Waals surface area contributed by atoms with Crippen LogP contribution in [0.5, 0.6) is 5.75 Å². The lowest BCUT2D eigenvalue weighted by atomic mass is 10.3. The van der Waals surface area contributed by atoms with Crippen molar-refractivity contribution in [2.45, 2.75) is 19.4 Å². The Morgan fingerprint density at radius 3 is 2.78 bits per heavy atom. The molecule has 116 valence electrons. The van der Waals surface area contributed by atoms with E-state index >= 15 is 0 Å². The average Bonchev–Trinajstić information content (AvgIpc) is 3.29. The minimum absolute atomic E-state index is 0.117. The van der Waals surface area contributed by atoms with Crippen LogP contribution in [-0.2, 0) is 0 Å². The molecule has 6 nitrogen and oxygen atoms in total. The van der Waals surface area contributed by atoms with Gasteiger partial charge in [-0.25, -0.2) is 0 Å². The summed E-state index contributed by atoms with van der Waals surface area (Å²) in [5, 5.41) is 13.8. The van der Waals surface area contributed by atoms with Crippen LogP contribution in [0.1, 0.15) is 24.5 Å². The zero-order valence-corrected chi connectivity index (χ0v) is 13.2. The first kappa shape index (κ1) is 14.0. The van der Waals surface area contributed by atoms with Crippen LogP contribution < -0.4 is 4.74 Å². The minimum atomic E-state index is -0.117. The van der Waals surface area contributed by atoms with Crippen LogP contribution in [0.15, 0.2) is 53.1 Å². The third kappa shape index (κ3) is 2.59. The van der Waals surface area contributed by atoms with E-state index in [1.165, 1.54) is 11.3 Å². The first-order valence-electron chi connectivity index (χ1n) is 7.33. The maximum absolute atomic E-state index is 6.04. The van der Waals surface area contributed by atoms with E-state index in [2.05, 4.69) is 22.2 Å². The summed E-state index contributed by atoms with van der Waals surface area (Å²) in [7, 11) is 0. The van der Waals surface area contributed by atoms with Gasteiger partial charge in [-0.2, -0.15) is 9.61 Å². The van der Waals surface area contributed by atoms with Crippen LogP contribution >= 0.6 is 11.3 Å². The van der Waals surface area contributed by atoms with Gasteiger partial charge in [0, 0.05) is 0 Å². The Bertz CT molecular complexity index is 899. The molecule has 23 heavy (non-hydrogen) atoms. The highest BCUT2D eigenvalue weighted by Gasteiger charge is 2.21. The van der Waals surface area contributed by atoms with Gasteiger partial charge in [0.25, 0.3) is 0 Å². The number of rotatable bonds is 5. The summed E-state index contributed by atoms with van der Waals surface area (Å²) in [6.07, 6.45) is 2.31. The number of hydrogen-bond donors (Lipinski definition) is 0. The number of nitrogens with zero attached hydrogens (tertiary/aromatic N) is 4. The van der Waals surface area contributed by atoms with Crippen molar-refractivity contribution >= 4 is 16.3 Å². The van der Waals surface area contributed by atoms with E-state index in [0.29, 0.717) is 11.6 Å². The van der Waals surface area contributed by atoms with E-state index in [4.69, 9.17) is 9.15 Å². The van der Waals surface area contributed by atoms with Crippen LogP contribution in [-0.4, -0.2) is 19.8 Å². The van der Waals surface area contributed by atoms with E-state index in [1.54, 1.807) is 10.8 Å². The summed E-state index contributed by atoms with van der Waals surface area (Å²) in [5.74, 6) is 2.07. The minimum Gasteiger partial charge on any atom is -0.483 e. The van der Waals surface area contributed by atoms with E-state index < -0.39 is 0 Å². The highest BCUT2D eigenvalue weighted by atomic mass is 32.1. The molecule has 0 N–H and O–H groups in total. The van der Waals surface area contributed by atoms with E-state index in [0.717, 1.165) is 22.1 Å². The lowest BCUT2D eigenvalue weighted by Gasteiger charge is -2.14. The number of furan rings is 1. The fourth-order valence-corrected chi connectivity index (χ4v) is 3.24. The molecule has 0 aliphatic carbocycles.